The van der Waals surface area contributed by atoms with Crippen LogP contribution in [0, 0.1) is 0 Å². The lowest BCUT2D eigenvalue weighted by molar-refractivity contribution is 0.0690. The third-order valence-electron chi connectivity index (χ3n) is 2.52. The zero-order chi connectivity index (χ0) is 14.5. The highest BCUT2D eigenvalue weighted by Crippen LogP contribution is 2.29. The molecule has 0 spiro atoms. The Kier molecular flexibility index (Phi) is 4.73. The molecule has 6 nitrogen and oxygen atoms in total. The molecule has 0 bridgehead atoms. The number of nitrogens with zero attached hydrogens (tertiary/aromatic N) is 2. The van der Waals surface area contributed by atoms with Gasteiger partial charge in [-0.15, -0.1) is 0 Å². The van der Waals surface area contributed by atoms with Crippen molar-refractivity contribution in [1.82, 2.24) is 10.1 Å². The zero-order valence-electron chi connectivity index (χ0n) is 10.8. The van der Waals surface area contributed by atoms with Crippen LogP contribution in [0.2, 0.25) is 0 Å². The van der Waals surface area contributed by atoms with Gasteiger partial charge in [0.25, 0.3) is 5.89 Å². The van der Waals surface area contributed by atoms with Crippen LogP contribution in [0.25, 0.3) is 0 Å². The summed E-state index contributed by atoms with van der Waals surface area (Å²) in [5.74, 6) is 0.131. The summed E-state index contributed by atoms with van der Waals surface area (Å²) in [4.78, 5) is 15.3. The van der Waals surface area contributed by atoms with Gasteiger partial charge in [-0.3, -0.25) is 0 Å². The number of aryl methyl sites for hydroxylation is 1. The van der Waals surface area contributed by atoms with Gasteiger partial charge in [0, 0.05) is 6.42 Å². The molecular weight excluding hydrogens is 328 g/mol. The summed E-state index contributed by atoms with van der Waals surface area (Å²) in [7, 11) is 0. The number of carbonyl (C=O) groups is 1. The molecule has 0 unspecified atom stereocenters. The summed E-state index contributed by atoms with van der Waals surface area (Å²) in [5, 5.41) is 12.9. The quantitative estimate of drug-likeness (QED) is 0.869. The number of ether oxygens (including phenoxy) is 1. The van der Waals surface area contributed by atoms with Crippen molar-refractivity contribution in [3.63, 3.8) is 0 Å². The third-order valence-corrected chi connectivity index (χ3v) is 3.15. The second-order valence-corrected chi connectivity index (χ2v) is 4.92. The van der Waals surface area contributed by atoms with Crippen LogP contribution in [-0.4, -0.2) is 21.2 Å². The molecule has 0 atom stereocenters. The van der Waals surface area contributed by atoms with E-state index in [0.717, 1.165) is 12.8 Å². The van der Waals surface area contributed by atoms with E-state index < -0.39 is 5.97 Å². The van der Waals surface area contributed by atoms with Crippen LogP contribution in [-0.2, 0) is 13.0 Å². The van der Waals surface area contributed by atoms with Crippen LogP contribution in [0.5, 0.6) is 5.75 Å². The molecule has 0 aliphatic heterocycles. The van der Waals surface area contributed by atoms with Crippen molar-refractivity contribution < 1.29 is 19.2 Å². The van der Waals surface area contributed by atoms with E-state index in [1.54, 1.807) is 12.1 Å². The number of halogens is 1. The molecule has 106 valence electrons. The van der Waals surface area contributed by atoms with Gasteiger partial charge in [-0.2, -0.15) is 4.98 Å². The lowest BCUT2D eigenvalue weighted by atomic mass is 10.2. The molecular formula is C13H13BrN2O4. The van der Waals surface area contributed by atoms with Gasteiger partial charge < -0.3 is 14.4 Å². The number of aromatic nitrogens is 2. The van der Waals surface area contributed by atoms with Crippen molar-refractivity contribution >= 4 is 21.9 Å². The molecule has 1 heterocycles. The number of carboxylic acids is 1. The third kappa shape index (κ3) is 3.36. The summed E-state index contributed by atoms with van der Waals surface area (Å²) in [6.07, 6.45) is 1.66. The molecule has 1 aromatic heterocycles. The first-order chi connectivity index (χ1) is 9.61. The fourth-order valence-corrected chi connectivity index (χ4v) is 2.11. The summed E-state index contributed by atoms with van der Waals surface area (Å²) in [5.41, 5.74) is 0.0765. The van der Waals surface area contributed by atoms with Gasteiger partial charge in [0.1, 0.15) is 11.3 Å². The van der Waals surface area contributed by atoms with Crippen molar-refractivity contribution in [3.8, 4) is 5.75 Å². The van der Waals surface area contributed by atoms with Crippen molar-refractivity contribution in [2.75, 3.05) is 0 Å². The number of hydrogen-bond acceptors (Lipinski definition) is 5. The van der Waals surface area contributed by atoms with Gasteiger partial charge in [-0.05, 0) is 34.5 Å². The van der Waals surface area contributed by atoms with E-state index in [-0.39, 0.29) is 17.9 Å². The maximum absolute atomic E-state index is 11.1. The Bertz CT molecular complexity index is 612. The Morgan fingerprint density at radius 1 is 1.50 bits per heavy atom. The maximum Gasteiger partial charge on any atom is 0.339 e. The minimum Gasteiger partial charge on any atom is -0.482 e. The standard InChI is InChI=1S/C13H13BrN2O4/c1-2-4-10-15-11(20-16-10)7-19-12-8(13(17)18)5-3-6-9(12)14/h3,5-6H,2,4,7H2,1H3,(H,17,18). The molecule has 1 aromatic carbocycles. The number of para-hydroxylation sites is 1. The average Bonchev–Trinajstić information content (AvgIpc) is 2.85. The van der Waals surface area contributed by atoms with Gasteiger partial charge >= 0.3 is 5.97 Å². The molecule has 0 amide bonds. The van der Waals surface area contributed by atoms with Crippen LogP contribution < -0.4 is 4.74 Å². The predicted molar refractivity (Wildman–Crippen MR) is 73.7 cm³/mol. The van der Waals surface area contributed by atoms with Crippen LogP contribution in [0.15, 0.2) is 27.2 Å². The zero-order valence-corrected chi connectivity index (χ0v) is 12.4. The van der Waals surface area contributed by atoms with Crippen molar-refractivity contribution in [2.45, 2.75) is 26.4 Å². The summed E-state index contributed by atoms with van der Waals surface area (Å²) < 4.78 is 11.1. The molecule has 2 aromatic rings. The molecule has 0 fully saturated rings. The minimum atomic E-state index is -1.06. The Morgan fingerprint density at radius 3 is 3.00 bits per heavy atom. The lowest BCUT2D eigenvalue weighted by Gasteiger charge is -2.08. The topological polar surface area (TPSA) is 85.5 Å². The van der Waals surface area contributed by atoms with Gasteiger partial charge in [0.05, 0.1) is 4.47 Å². The number of carboxylic acid groups (broad SMARTS) is 1. The van der Waals surface area contributed by atoms with E-state index in [1.165, 1.54) is 6.07 Å². The first-order valence-electron chi connectivity index (χ1n) is 6.08. The fourth-order valence-electron chi connectivity index (χ4n) is 1.63. The summed E-state index contributed by atoms with van der Waals surface area (Å²) in [6.45, 7) is 2.05. The summed E-state index contributed by atoms with van der Waals surface area (Å²) in [6, 6.07) is 4.81. The number of hydrogen-bond donors (Lipinski definition) is 1. The van der Waals surface area contributed by atoms with Crippen molar-refractivity contribution in [3.05, 3.63) is 40.0 Å². The molecule has 0 saturated heterocycles. The Labute approximate surface area is 123 Å². The average molecular weight is 341 g/mol. The fraction of sp³-hybridized carbons (Fsp3) is 0.308. The Balaban J connectivity index is 2.12. The van der Waals surface area contributed by atoms with Crippen LogP contribution in [0.4, 0.5) is 0 Å². The number of benzene rings is 1. The molecule has 7 heteroatoms. The lowest BCUT2D eigenvalue weighted by Crippen LogP contribution is -2.04. The van der Waals surface area contributed by atoms with E-state index >= 15 is 0 Å². The summed E-state index contributed by atoms with van der Waals surface area (Å²) >= 11 is 3.26. The monoisotopic (exact) mass is 340 g/mol. The largest absolute Gasteiger partial charge is 0.482 e. The molecule has 20 heavy (non-hydrogen) atoms. The molecule has 0 radical (unpaired) electrons. The second kappa shape index (κ2) is 6.51. The number of rotatable bonds is 6. The SMILES string of the molecule is CCCc1noc(COc2c(Br)cccc2C(=O)O)n1. The highest BCUT2D eigenvalue weighted by Gasteiger charge is 2.15. The first-order valence-corrected chi connectivity index (χ1v) is 6.87. The van der Waals surface area contributed by atoms with Gasteiger partial charge in [-0.25, -0.2) is 4.79 Å². The van der Waals surface area contributed by atoms with Gasteiger partial charge in [0.15, 0.2) is 12.4 Å². The van der Waals surface area contributed by atoms with E-state index in [0.29, 0.717) is 16.2 Å². The molecule has 2 rings (SSSR count). The van der Waals surface area contributed by atoms with Gasteiger partial charge in [-0.1, -0.05) is 18.1 Å². The van der Waals surface area contributed by atoms with Crippen molar-refractivity contribution in [2.24, 2.45) is 0 Å². The molecule has 0 aliphatic carbocycles. The second-order valence-electron chi connectivity index (χ2n) is 4.06. The normalized spacial score (nSPS) is 10.5. The molecule has 0 aliphatic rings. The Hall–Kier alpha value is -1.89. The highest BCUT2D eigenvalue weighted by atomic mass is 79.9. The molecule has 0 saturated carbocycles. The van der Waals surface area contributed by atoms with Crippen molar-refractivity contribution in [1.29, 1.82) is 0 Å². The van der Waals surface area contributed by atoms with E-state index in [1.807, 2.05) is 6.92 Å². The minimum absolute atomic E-state index is 0.0274. The molecule has 1 N–H and O–H groups in total. The van der Waals surface area contributed by atoms with E-state index in [2.05, 4.69) is 26.1 Å². The van der Waals surface area contributed by atoms with Crippen LogP contribution in [0.1, 0.15) is 35.4 Å². The van der Waals surface area contributed by atoms with Crippen LogP contribution in [0.3, 0.4) is 0 Å². The van der Waals surface area contributed by atoms with E-state index in [9.17, 15) is 4.79 Å². The first kappa shape index (κ1) is 14.5. The smallest absolute Gasteiger partial charge is 0.339 e. The predicted octanol–water partition coefficient (Wildman–Crippen LogP) is 3.06. The number of aromatic carboxylic acids is 1. The van der Waals surface area contributed by atoms with Gasteiger partial charge in [0.2, 0.25) is 0 Å². The maximum atomic E-state index is 11.1. The highest BCUT2D eigenvalue weighted by molar-refractivity contribution is 9.10. The van der Waals surface area contributed by atoms with E-state index in [4.69, 9.17) is 14.4 Å². The Morgan fingerprint density at radius 2 is 2.30 bits per heavy atom. The van der Waals surface area contributed by atoms with Crippen LogP contribution >= 0.6 is 15.9 Å².